The topological polar surface area (TPSA) is 97.6 Å². The van der Waals surface area contributed by atoms with Crippen molar-refractivity contribution in [2.45, 2.75) is 19.0 Å². The third-order valence-corrected chi connectivity index (χ3v) is 4.72. The van der Waals surface area contributed by atoms with E-state index in [-0.39, 0.29) is 11.8 Å². The molecule has 1 aromatic heterocycles. The van der Waals surface area contributed by atoms with Crippen LogP contribution in [0.3, 0.4) is 0 Å². The van der Waals surface area contributed by atoms with Gasteiger partial charge in [-0.3, -0.25) is 9.59 Å². The number of ether oxygens (including phenoxy) is 1. The fourth-order valence-electron chi connectivity index (χ4n) is 2.65. The monoisotopic (exact) mass is 346 g/mol. The maximum Gasteiger partial charge on any atom is 0.271 e. The number of rotatable bonds is 5. The van der Waals surface area contributed by atoms with Gasteiger partial charge in [-0.15, -0.1) is 11.3 Å². The minimum absolute atomic E-state index is 0.151. The summed E-state index contributed by atoms with van der Waals surface area (Å²) in [5, 5.41) is 5.09. The van der Waals surface area contributed by atoms with Crippen LogP contribution in [0.5, 0.6) is 5.75 Å². The molecule has 1 fully saturated rings. The molecule has 126 valence electrons. The Labute approximate surface area is 143 Å². The van der Waals surface area contributed by atoms with Gasteiger partial charge in [-0.25, -0.2) is 4.98 Å². The van der Waals surface area contributed by atoms with Crippen molar-refractivity contribution in [1.29, 1.82) is 0 Å². The maximum atomic E-state index is 12.6. The van der Waals surface area contributed by atoms with Crippen LogP contribution in [0.15, 0.2) is 29.6 Å². The van der Waals surface area contributed by atoms with Crippen molar-refractivity contribution in [2.24, 2.45) is 5.73 Å². The summed E-state index contributed by atoms with van der Waals surface area (Å²) in [5.41, 5.74) is 6.51. The van der Waals surface area contributed by atoms with Crippen molar-refractivity contribution in [3.8, 4) is 5.75 Å². The molecule has 3 N–H and O–H groups in total. The molecule has 1 atom stereocenters. The van der Waals surface area contributed by atoms with Gasteiger partial charge in [0.05, 0.1) is 12.8 Å². The van der Waals surface area contributed by atoms with Crippen LogP contribution in [0.2, 0.25) is 0 Å². The van der Waals surface area contributed by atoms with E-state index in [1.54, 1.807) is 23.5 Å². The Bertz CT molecular complexity index is 761. The maximum absolute atomic E-state index is 12.6. The Hall–Kier alpha value is -2.45. The second-order valence-corrected chi connectivity index (χ2v) is 6.25. The van der Waals surface area contributed by atoms with Crippen molar-refractivity contribution in [3.63, 3.8) is 0 Å². The third kappa shape index (κ3) is 3.10. The van der Waals surface area contributed by atoms with Gasteiger partial charge >= 0.3 is 0 Å². The third-order valence-electron chi connectivity index (χ3n) is 3.85. The zero-order valence-corrected chi connectivity index (χ0v) is 14.0. The van der Waals surface area contributed by atoms with Crippen molar-refractivity contribution in [1.82, 2.24) is 10.3 Å². The number of nitrogens with one attached hydrogen (secondary N) is 1. The average molecular weight is 346 g/mol. The van der Waals surface area contributed by atoms with Crippen molar-refractivity contribution < 1.29 is 14.3 Å². The molecule has 0 spiro atoms. The molecular weight excluding hydrogens is 328 g/mol. The molecule has 3 rings (SSSR count). The van der Waals surface area contributed by atoms with Gasteiger partial charge in [-0.1, -0.05) is 12.1 Å². The molecule has 1 aliphatic heterocycles. The number of methoxy groups -OCH3 is 1. The number of amides is 2. The normalized spacial score (nSPS) is 17.2. The van der Waals surface area contributed by atoms with Gasteiger partial charge in [-0.05, 0) is 18.6 Å². The lowest BCUT2D eigenvalue weighted by molar-refractivity contribution is -0.118. The molecule has 0 bridgehead atoms. The summed E-state index contributed by atoms with van der Waals surface area (Å²) in [6.07, 6.45) is 0.538. The van der Waals surface area contributed by atoms with E-state index in [0.29, 0.717) is 41.6 Å². The second kappa shape index (κ2) is 6.98. The molecule has 0 saturated carbocycles. The summed E-state index contributed by atoms with van der Waals surface area (Å²) in [6, 6.07) is 6.76. The summed E-state index contributed by atoms with van der Waals surface area (Å²) < 4.78 is 5.31. The SMILES string of the molecule is COc1ccccc1N1CC[C@@H](NC(=O)c2csc(CN)n2)C1=O. The summed E-state index contributed by atoms with van der Waals surface area (Å²) in [7, 11) is 1.57. The van der Waals surface area contributed by atoms with Crippen LogP contribution in [0, 0.1) is 0 Å². The van der Waals surface area contributed by atoms with Crippen LogP contribution in [-0.2, 0) is 11.3 Å². The quantitative estimate of drug-likeness (QED) is 0.846. The van der Waals surface area contributed by atoms with E-state index >= 15 is 0 Å². The smallest absolute Gasteiger partial charge is 0.271 e. The highest BCUT2D eigenvalue weighted by Gasteiger charge is 2.35. The molecule has 2 amide bonds. The number of hydrogen-bond donors (Lipinski definition) is 2. The van der Waals surface area contributed by atoms with E-state index in [1.807, 2.05) is 18.2 Å². The lowest BCUT2D eigenvalue weighted by atomic mass is 10.2. The number of aromatic nitrogens is 1. The molecule has 24 heavy (non-hydrogen) atoms. The summed E-state index contributed by atoms with van der Waals surface area (Å²) >= 11 is 1.33. The van der Waals surface area contributed by atoms with Gasteiger partial charge in [0.1, 0.15) is 22.5 Å². The standard InChI is InChI=1S/C16H18N4O3S/c1-23-13-5-3-2-4-12(13)20-7-6-10(16(20)22)19-15(21)11-9-24-14(8-17)18-11/h2-5,9-10H,6-8,17H2,1H3,(H,19,21)/t10-/m1/s1. The van der Waals surface area contributed by atoms with Crippen LogP contribution in [0.25, 0.3) is 0 Å². The highest BCUT2D eigenvalue weighted by atomic mass is 32.1. The Morgan fingerprint density at radius 2 is 2.29 bits per heavy atom. The zero-order chi connectivity index (χ0) is 17.1. The van der Waals surface area contributed by atoms with E-state index in [1.165, 1.54) is 11.3 Å². The fraction of sp³-hybridized carbons (Fsp3) is 0.312. The molecule has 2 heterocycles. The van der Waals surface area contributed by atoms with Gasteiger partial charge in [0.25, 0.3) is 5.91 Å². The number of hydrogen-bond acceptors (Lipinski definition) is 6. The Kier molecular flexibility index (Phi) is 4.77. The van der Waals surface area contributed by atoms with E-state index in [0.717, 1.165) is 0 Å². The summed E-state index contributed by atoms with van der Waals surface area (Å²) in [5.74, 6) is 0.123. The average Bonchev–Trinajstić information content (AvgIpc) is 3.22. The van der Waals surface area contributed by atoms with Crippen molar-refractivity contribution in [2.75, 3.05) is 18.6 Å². The molecule has 1 saturated heterocycles. The zero-order valence-electron chi connectivity index (χ0n) is 13.2. The van der Waals surface area contributed by atoms with Gasteiger partial charge in [0.15, 0.2) is 0 Å². The summed E-state index contributed by atoms with van der Waals surface area (Å²) in [6.45, 7) is 0.817. The first kappa shape index (κ1) is 16.4. The first-order chi connectivity index (χ1) is 11.6. The molecule has 0 radical (unpaired) electrons. The fourth-order valence-corrected chi connectivity index (χ4v) is 3.30. The van der Waals surface area contributed by atoms with Crippen LogP contribution in [-0.4, -0.2) is 36.5 Å². The van der Waals surface area contributed by atoms with Crippen LogP contribution >= 0.6 is 11.3 Å². The number of para-hydroxylation sites is 2. The van der Waals surface area contributed by atoms with Crippen LogP contribution in [0.4, 0.5) is 5.69 Å². The molecular formula is C16H18N4O3S. The van der Waals surface area contributed by atoms with E-state index in [2.05, 4.69) is 10.3 Å². The number of anilines is 1. The van der Waals surface area contributed by atoms with Crippen molar-refractivity contribution >= 4 is 28.8 Å². The van der Waals surface area contributed by atoms with Crippen LogP contribution in [0.1, 0.15) is 21.9 Å². The number of thiazole rings is 1. The second-order valence-electron chi connectivity index (χ2n) is 5.31. The molecule has 7 nitrogen and oxygen atoms in total. The number of nitrogens with zero attached hydrogens (tertiary/aromatic N) is 2. The predicted molar refractivity (Wildman–Crippen MR) is 91.2 cm³/mol. The highest BCUT2D eigenvalue weighted by Crippen LogP contribution is 2.31. The minimum atomic E-state index is -0.564. The van der Waals surface area contributed by atoms with Crippen LogP contribution < -0.4 is 20.7 Å². The Balaban J connectivity index is 1.71. The molecule has 1 aromatic carbocycles. The molecule has 0 unspecified atom stereocenters. The number of carbonyl (C=O) groups excluding carboxylic acids is 2. The molecule has 8 heteroatoms. The van der Waals surface area contributed by atoms with E-state index in [9.17, 15) is 9.59 Å². The van der Waals surface area contributed by atoms with Gasteiger partial charge in [0, 0.05) is 18.5 Å². The van der Waals surface area contributed by atoms with E-state index in [4.69, 9.17) is 10.5 Å². The van der Waals surface area contributed by atoms with Gasteiger partial charge < -0.3 is 20.7 Å². The lowest BCUT2D eigenvalue weighted by Crippen LogP contribution is -2.41. The highest BCUT2D eigenvalue weighted by molar-refractivity contribution is 7.09. The number of carbonyl (C=O) groups is 2. The molecule has 0 aliphatic carbocycles. The Morgan fingerprint density at radius 3 is 3.00 bits per heavy atom. The minimum Gasteiger partial charge on any atom is -0.495 e. The molecule has 1 aliphatic rings. The lowest BCUT2D eigenvalue weighted by Gasteiger charge is -2.19. The van der Waals surface area contributed by atoms with E-state index < -0.39 is 6.04 Å². The Morgan fingerprint density at radius 1 is 1.50 bits per heavy atom. The van der Waals surface area contributed by atoms with Crippen molar-refractivity contribution in [3.05, 3.63) is 40.3 Å². The first-order valence-corrected chi connectivity index (χ1v) is 8.41. The molecule has 2 aromatic rings. The largest absolute Gasteiger partial charge is 0.495 e. The van der Waals surface area contributed by atoms with Gasteiger partial charge in [-0.2, -0.15) is 0 Å². The predicted octanol–water partition coefficient (Wildman–Crippen LogP) is 1.15. The summed E-state index contributed by atoms with van der Waals surface area (Å²) in [4.78, 5) is 30.6. The van der Waals surface area contributed by atoms with Gasteiger partial charge in [0.2, 0.25) is 5.91 Å². The number of nitrogens with two attached hydrogens (primary N) is 1. The number of benzene rings is 1. The first-order valence-electron chi connectivity index (χ1n) is 7.53.